The number of nitrogens with zero attached hydrogens (tertiary/aromatic N) is 1. The molecule has 0 spiro atoms. The summed E-state index contributed by atoms with van der Waals surface area (Å²) in [5.41, 5.74) is 2.99. The molecule has 2 aliphatic heterocycles. The van der Waals surface area contributed by atoms with Crippen LogP contribution in [0.2, 0.25) is 0 Å². The summed E-state index contributed by atoms with van der Waals surface area (Å²) in [4.78, 5) is 16.6. The molecule has 2 aromatic rings. The van der Waals surface area contributed by atoms with Crippen LogP contribution in [-0.2, 0) is 13.0 Å². The van der Waals surface area contributed by atoms with E-state index in [1.165, 1.54) is 10.4 Å². The summed E-state index contributed by atoms with van der Waals surface area (Å²) in [6.07, 6.45) is 0.643. The van der Waals surface area contributed by atoms with E-state index in [1.807, 2.05) is 12.1 Å². The van der Waals surface area contributed by atoms with Crippen LogP contribution >= 0.6 is 33.9 Å². The molecular formula is C19H22IN3O3S. The topological polar surface area (TPSA) is 62.8 Å². The Kier molecular flexibility index (Phi) is 5.21. The van der Waals surface area contributed by atoms with Crippen LogP contribution in [0.15, 0.2) is 12.1 Å². The molecule has 8 heteroatoms. The fourth-order valence-corrected chi connectivity index (χ4v) is 5.87. The summed E-state index contributed by atoms with van der Waals surface area (Å²) >= 11 is 3.93. The Hall–Kier alpha value is -1.52. The van der Waals surface area contributed by atoms with Crippen LogP contribution in [0.1, 0.15) is 39.5 Å². The lowest BCUT2D eigenvalue weighted by atomic mass is 10.0. The number of nitrogens with one attached hydrogen (secondary N) is 2. The first kappa shape index (κ1) is 18.8. The van der Waals surface area contributed by atoms with Gasteiger partial charge in [0.2, 0.25) is 0 Å². The van der Waals surface area contributed by atoms with Crippen LogP contribution in [0.25, 0.3) is 0 Å². The maximum Gasteiger partial charge on any atom is 0.256 e. The molecule has 1 atom stereocenters. The minimum absolute atomic E-state index is 0.000918. The van der Waals surface area contributed by atoms with Crippen LogP contribution in [-0.4, -0.2) is 38.1 Å². The fourth-order valence-electron chi connectivity index (χ4n) is 3.71. The molecule has 1 aromatic heterocycles. The Morgan fingerprint density at radius 2 is 2.11 bits per heavy atom. The Morgan fingerprint density at radius 3 is 2.81 bits per heavy atom. The second-order valence-electron chi connectivity index (χ2n) is 6.62. The molecule has 27 heavy (non-hydrogen) atoms. The first-order chi connectivity index (χ1) is 13.0. The monoisotopic (exact) mass is 499 g/mol. The van der Waals surface area contributed by atoms with Crippen molar-refractivity contribution in [1.29, 1.82) is 0 Å². The molecule has 0 radical (unpaired) electrons. The second-order valence-corrected chi connectivity index (χ2v) is 8.88. The normalized spacial score (nSPS) is 19.0. The van der Waals surface area contributed by atoms with Gasteiger partial charge in [0.05, 0.1) is 23.4 Å². The van der Waals surface area contributed by atoms with Crippen molar-refractivity contribution in [3.8, 4) is 11.5 Å². The van der Waals surface area contributed by atoms with Gasteiger partial charge in [-0.3, -0.25) is 9.69 Å². The molecule has 144 valence electrons. The van der Waals surface area contributed by atoms with Gasteiger partial charge < -0.3 is 20.1 Å². The largest absolute Gasteiger partial charge is 0.493 e. The van der Waals surface area contributed by atoms with Gasteiger partial charge in [0.25, 0.3) is 5.91 Å². The number of anilines is 1. The molecule has 4 rings (SSSR count). The average molecular weight is 499 g/mol. The molecule has 1 amide bonds. The third kappa shape index (κ3) is 3.27. The molecule has 0 saturated heterocycles. The van der Waals surface area contributed by atoms with Gasteiger partial charge in [-0.05, 0) is 58.8 Å². The smallest absolute Gasteiger partial charge is 0.256 e. The molecule has 3 heterocycles. The standard InChI is InChI=1S/C19H22IN3O3S/c1-4-23-6-5-11-14(9-23)27-19-15(11)18(24)21-17(22-19)10-7-12(20)16(26-3)13(8-10)25-2/h7-8,17,22H,4-6,9H2,1-3H3,(H,21,24). The van der Waals surface area contributed by atoms with Gasteiger partial charge >= 0.3 is 0 Å². The van der Waals surface area contributed by atoms with Gasteiger partial charge in [-0.1, -0.05) is 6.92 Å². The number of thiophene rings is 1. The van der Waals surface area contributed by atoms with Crippen molar-refractivity contribution < 1.29 is 14.3 Å². The summed E-state index contributed by atoms with van der Waals surface area (Å²) in [5.74, 6) is 1.36. The second kappa shape index (κ2) is 7.48. The van der Waals surface area contributed by atoms with Crippen LogP contribution < -0.4 is 20.1 Å². The highest BCUT2D eigenvalue weighted by molar-refractivity contribution is 14.1. The van der Waals surface area contributed by atoms with E-state index in [1.54, 1.807) is 25.6 Å². The number of rotatable bonds is 4. The molecule has 2 aliphatic rings. The Morgan fingerprint density at radius 1 is 1.30 bits per heavy atom. The zero-order valence-corrected chi connectivity index (χ0v) is 18.5. The molecule has 0 bridgehead atoms. The average Bonchev–Trinajstić information content (AvgIpc) is 3.04. The van der Waals surface area contributed by atoms with E-state index in [0.29, 0.717) is 11.5 Å². The Labute approximate surface area is 176 Å². The van der Waals surface area contributed by atoms with E-state index in [9.17, 15) is 4.79 Å². The van der Waals surface area contributed by atoms with E-state index in [-0.39, 0.29) is 12.1 Å². The predicted octanol–water partition coefficient (Wildman–Crippen LogP) is 3.60. The van der Waals surface area contributed by atoms with Gasteiger partial charge in [0, 0.05) is 18.0 Å². The Bertz CT molecular complexity index is 899. The number of halogens is 1. The summed E-state index contributed by atoms with van der Waals surface area (Å²) < 4.78 is 11.8. The van der Waals surface area contributed by atoms with Crippen molar-refractivity contribution in [2.24, 2.45) is 0 Å². The zero-order chi connectivity index (χ0) is 19.1. The predicted molar refractivity (Wildman–Crippen MR) is 115 cm³/mol. The highest BCUT2D eigenvalue weighted by atomic mass is 127. The molecular weight excluding hydrogens is 477 g/mol. The van der Waals surface area contributed by atoms with Crippen LogP contribution in [0.5, 0.6) is 11.5 Å². The number of methoxy groups -OCH3 is 2. The number of carbonyl (C=O) groups is 1. The minimum atomic E-state index is -0.291. The van der Waals surface area contributed by atoms with Crippen molar-refractivity contribution in [1.82, 2.24) is 10.2 Å². The SMILES string of the molecule is CCN1CCc2c(sc3c2C(=O)NC(c2cc(I)c(OC)c(OC)c2)N3)C1. The highest BCUT2D eigenvalue weighted by Crippen LogP contribution is 2.42. The first-order valence-corrected chi connectivity index (χ1v) is 10.8. The van der Waals surface area contributed by atoms with Gasteiger partial charge in [-0.15, -0.1) is 11.3 Å². The van der Waals surface area contributed by atoms with Crippen molar-refractivity contribution >= 4 is 44.8 Å². The first-order valence-electron chi connectivity index (χ1n) is 8.91. The molecule has 1 aromatic carbocycles. The maximum absolute atomic E-state index is 12.9. The maximum atomic E-state index is 12.9. The highest BCUT2D eigenvalue weighted by Gasteiger charge is 2.33. The molecule has 0 fully saturated rings. The number of hydrogen-bond acceptors (Lipinski definition) is 6. The molecule has 6 nitrogen and oxygen atoms in total. The Balaban J connectivity index is 1.68. The lowest BCUT2D eigenvalue weighted by molar-refractivity contribution is 0.0934. The quantitative estimate of drug-likeness (QED) is 0.630. The van der Waals surface area contributed by atoms with Crippen molar-refractivity contribution in [3.63, 3.8) is 0 Å². The van der Waals surface area contributed by atoms with Gasteiger partial charge in [-0.25, -0.2) is 0 Å². The molecule has 0 aliphatic carbocycles. The van der Waals surface area contributed by atoms with E-state index in [4.69, 9.17) is 9.47 Å². The third-order valence-corrected chi connectivity index (χ3v) is 7.10. The summed E-state index contributed by atoms with van der Waals surface area (Å²) in [6.45, 7) is 5.15. The summed E-state index contributed by atoms with van der Waals surface area (Å²) in [7, 11) is 3.25. The van der Waals surface area contributed by atoms with Gasteiger partial charge in [0.15, 0.2) is 11.5 Å². The lowest BCUT2D eigenvalue weighted by Crippen LogP contribution is -2.39. The zero-order valence-electron chi connectivity index (χ0n) is 15.5. The lowest BCUT2D eigenvalue weighted by Gasteiger charge is -2.28. The number of ether oxygens (including phenoxy) is 2. The molecule has 1 unspecified atom stereocenters. The molecule has 2 N–H and O–H groups in total. The number of benzene rings is 1. The van der Waals surface area contributed by atoms with Crippen molar-refractivity contribution in [2.45, 2.75) is 26.1 Å². The van der Waals surface area contributed by atoms with E-state index in [2.05, 4.69) is 45.0 Å². The van der Waals surface area contributed by atoms with E-state index >= 15 is 0 Å². The van der Waals surface area contributed by atoms with E-state index < -0.39 is 0 Å². The van der Waals surface area contributed by atoms with Crippen LogP contribution in [0.3, 0.4) is 0 Å². The third-order valence-electron chi connectivity index (χ3n) is 5.15. The number of amides is 1. The van der Waals surface area contributed by atoms with Gasteiger partial charge in [-0.2, -0.15) is 0 Å². The fraction of sp³-hybridized carbons (Fsp3) is 0.421. The summed E-state index contributed by atoms with van der Waals surface area (Å²) in [5, 5.41) is 7.60. The number of hydrogen-bond donors (Lipinski definition) is 2. The van der Waals surface area contributed by atoms with Crippen LogP contribution in [0, 0.1) is 3.57 Å². The molecule has 0 saturated carbocycles. The van der Waals surface area contributed by atoms with Crippen molar-refractivity contribution in [3.05, 3.63) is 37.3 Å². The van der Waals surface area contributed by atoms with Crippen molar-refractivity contribution in [2.75, 3.05) is 32.6 Å². The van der Waals surface area contributed by atoms with E-state index in [0.717, 1.165) is 45.8 Å². The van der Waals surface area contributed by atoms with Crippen LogP contribution in [0.4, 0.5) is 5.00 Å². The van der Waals surface area contributed by atoms with Gasteiger partial charge in [0.1, 0.15) is 11.2 Å². The number of carbonyl (C=O) groups excluding carboxylic acids is 1. The summed E-state index contributed by atoms with van der Waals surface area (Å²) in [6, 6.07) is 3.92. The minimum Gasteiger partial charge on any atom is -0.493 e. The number of likely N-dealkylation sites (N-methyl/N-ethyl adjacent to an activating group) is 1. The number of fused-ring (bicyclic) bond motifs is 3.